The van der Waals surface area contributed by atoms with Gasteiger partial charge in [-0.2, -0.15) is 0 Å². The predicted octanol–water partition coefficient (Wildman–Crippen LogP) is 6.31. The maximum Gasteiger partial charge on any atom is 0.251 e. The van der Waals surface area contributed by atoms with E-state index in [0.717, 1.165) is 30.4 Å². The Kier molecular flexibility index (Phi) is 8.05. The zero-order valence-corrected chi connectivity index (χ0v) is 23.6. The number of fused-ring (bicyclic) bond motifs is 1. The van der Waals surface area contributed by atoms with Gasteiger partial charge in [-0.3, -0.25) is 4.79 Å². The summed E-state index contributed by atoms with van der Waals surface area (Å²) < 4.78 is 22.0. The Morgan fingerprint density at radius 3 is 1.80 bits per heavy atom. The van der Waals surface area contributed by atoms with Gasteiger partial charge >= 0.3 is 0 Å². The molecule has 0 aliphatic heterocycles. The van der Waals surface area contributed by atoms with Gasteiger partial charge in [-0.15, -0.1) is 0 Å². The molecule has 2 atom stereocenters. The molecule has 1 aromatic heterocycles. The molecule has 3 aromatic carbocycles. The minimum atomic E-state index is -0.0842. The average molecular weight is 542 g/mol. The van der Waals surface area contributed by atoms with Crippen molar-refractivity contribution in [2.24, 2.45) is 5.92 Å². The number of carbonyl (C=O) groups is 1. The lowest BCUT2D eigenvalue weighted by atomic mass is 9.86. The van der Waals surface area contributed by atoms with Gasteiger partial charge < -0.3 is 24.3 Å². The maximum absolute atomic E-state index is 13.2. The Hall–Kier alpha value is -4.33. The molecular weight excluding hydrogens is 506 g/mol. The highest BCUT2D eigenvalue weighted by atomic mass is 16.5. The van der Waals surface area contributed by atoms with Gasteiger partial charge in [0.25, 0.3) is 5.91 Å². The Balaban J connectivity index is 1.62. The lowest BCUT2D eigenvalue weighted by Gasteiger charge is -2.29. The van der Waals surface area contributed by atoms with Crippen molar-refractivity contribution < 1.29 is 23.7 Å². The summed E-state index contributed by atoms with van der Waals surface area (Å²) in [7, 11) is 6.40. The zero-order chi connectivity index (χ0) is 28.2. The molecule has 1 aliphatic rings. The van der Waals surface area contributed by atoms with E-state index in [2.05, 4.69) is 12.2 Å². The van der Waals surface area contributed by atoms with E-state index < -0.39 is 0 Å². The van der Waals surface area contributed by atoms with Gasteiger partial charge in [0.1, 0.15) is 0 Å². The summed E-state index contributed by atoms with van der Waals surface area (Å²) in [6, 6.07) is 17.0. The molecule has 8 heteroatoms. The standard InChI is InChI=1S/C32H35N3O5/c1-19-8-6-7-9-23(19)35-32(36)22-10-13-24-25(16-22)34-31(21-12-15-27(38-3)29(18-21)40-5)30(33-24)20-11-14-26(37-2)28(17-20)39-4/h10-19,23H,6-9H2,1-5H3,(H,35,36). The second-order valence-corrected chi connectivity index (χ2v) is 10.1. The molecule has 0 bridgehead atoms. The van der Waals surface area contributed by atoms with Gasteiger partial charge in [0.15, 0.2) is 23.0 Å². The van der Waals surface area contributed by atoms with Crippen LogP contribution in [0.1, 0.15) is 43.0 Å². The van der Waals surface area contributed by atoms with Crippen LogP contribution in [0.5, 0.6) is 23.0 Å². The van der Waals surface area contributed by atoms with Crippen LogP contribution < -0.4 is 24.3 Å². The molecule has 208 valence electrons. The van der Waals surface area contributed by atoms with E-state index in [0.29, 0.717) is 56.9 Å². The minimum Gasteiger partial charge on any atom is -0.493 e. The van der Waals surface area contributed by atoms with E-state index in [9.17, 15) is 4.79 Å². The number of carbonyl (C=O) groups excluding carboxylic acids is 1. The van der Waals surface area contributed by atoms with E-state index in [-0.39, 0.29) is 11.9 Å². The normalized spacial score (nSPS) is 16.8. The van der Waals surface area contributed by atoms with Crippen molar-refractivity contribution in [1.82, 2.24) is 15.3 Å². The Morgan fingerprint density at radius 1 is 0.700 bits per heavy atom. The fraction of sp³-hybridized carbons (Fsp3) is 0.344. The number of methoxy groups -OCH3 is 4. The zero-order valence-electron chi connectivity index (χ0n) is 23.6. The van der Waals surface area contributed by atoms with Crippen LogP contribution in [0, 0.1) is 5.92 Å². The van der Waals surface area contributed by atoms with E-state index >= 15 is 0 Å². The number of rotatable bonds is 8. The smallest absolute Gasteiger partial charge is 0.251 e. The Morgan fingerprint density at radius 2 is 1.25 bits per heavy atom. The van der Waals surface area contributed by atoms with Gasteiger partial charge in [0.05, 0.1) is 50.9 Å². The van der Waals surface area contributed by atoms with Crippen molar-refractivity contribution >= 4 is 16.9 Å². The molecule has 1 N–H and O–H groups in total. The average Bonchev–Trinajstić information content (AvgIpc) is 3.00. The Labute approximate surface area is 234 Å². The summed E-state index contributed by atoms with van der Waals surface area (Å²) in [6.45, 7) is 2.21. The van der Waals surface area contributed by atoms with Crippen LogP contribution in [0.3, 0.4) is 0 Å². The Bertz CT molecular complexity index is 1540. The van der Waals surface area contributed by atoms with Crippen molar-refractivity contribution in [3.63, 3.8) is 0 Å². The third-order valence-corrected chi connectivity index (χ3v) is 7.67. The number of aromatic nitrogens is 2. The van der Waals surface area contributed by atoms with Crippen molar-refractivity contribution in [3.8, 4) is 45.5 Å². The largest absolute Gasteiger partial charge is 0.493 e. The molecule has 8 nitrogen and oxygen atoms in total. The molecule has 0 saturated heterocycles. The molecule has 1 heterocycles. The number of ether oxygens (including phenoxy) is 4. The molecule has 1 amide bonds. The first-order valence-corrected chi connectivity index (χ1v) is 13.5. The van der Waals surface area contributed by atoms with Crippen LogP contribution in [0.15, 0.2) is 54.6 Å². The van der Waals surface area contributed by atoms with E-state index in [1.165, 1.54) is 6.42 Å². The second-order valence-electron chi connectivity index (χ2n) is 10.1. The second kappa shape index (κ2) is 11.8. The lowest BCUT2D eigenvalue weighted by Crippen LogP contribution is -2.41. The highest BCUT2D eigenvalue weighted by molar-refractivity contribution is 5.98. The number of nitrogens with one attached hydrogen (secondary N) is 1. The highest BCUT2D eigenvalue weighted by Gasteiger charge is 2.24. The van der Waals surface area contributed by atoms with Crippen molar-refractivity contribution in [2.45, 2.75) is 38.6 Å². The summed E-state index contributed by atoms with van der Waals surface area (Å²) in [5.41, 5.74) is 4.77. The maximum atomic E-state index is 13.2. The van der Waals surface area contributed by atoms with Gasteiger partial charge in [0, 0.05) is 22.7 Å². The summed E-state index contributed by atoms with van der Waals surface area (Å²) in [5, 5.41) is 3.24. The SMILES string of the molecule is COc1ccc(-c2nc3ccc(C(=O)NC4CCCCC4C)cc3nc2-c2ccc(OC)c(OC)c2)cc1OC. The third kappa shape index (κ3) is 5.39. The van der Waals surface area contributed by atoms with Crippen LogP contribution >= 0.6 is 0 Å². The van der Waals surface area contributed by atoms with E-state index in [4.69, 9.17) is 28.9 Å². The molecule has 1 saturated carbocycles. The third-order valence-electron chi connectivity index (χ3n) is 7.67. The van der Waals surface area contributed by atoms with Gasteiger partial charge in [-0.25, -0.2) is 9.97 Å². The summed E-state index contributed by atoms with van der Waals surface area (Å²) in [4.78, 5) is 23.3. The van der Waals surface area contributed by atoms with Crippen molar-refractivity contribution in [2.75, 3.05) is 28.4 Å². The number of hydrogen-bond donors (Lipinski definition) is 1. The van der Waals surface area contributed by atoms with Crippen LogP contribution in [-0.4, -0.2) is 50.4 Å². The topological polar surface area (TPSA) is 91.8 Å². The molecule has 5 rings (SSSR count). The van der Waals surface area contributed by atoms with Crippen LogP contribution in [0.4, 0.5) is 0 Å². The first kappa shape index (κ1) is 27.2. The predicted molar refractivity (Wildman–Crippen MR) is 156 cm³/mol. The van der Waals surface area contributed by atoms with E-state index in [1.807, 2.05) is 54.6 Å². The summed E-state index contributed by atoms with van der Waals surface area (Å²) in [6.07, 6.45) is 4.52. The number of benzene rings is 3. The van der Waals surface area contributed by atoms with Crippen molar-refractivity contribution in [3.05, 3.63) is 60.2 Å². The highest BCUT2D eigenvalue weighted by Crippen LogP contribution is 2.39. The molecule has 0 spiro atoms. The molecule has 40 heavy (non-hydrogen) atoms. The summed E-state index contributed by atoms with van der Waals surface area (Å²) >= 11 is 0. The quantitative estimate of drug-likeness (QED) is 0.280. The fourth-order valence-corrected chi connectivity index (χ4v) is 5.35. The molecule has 2 unspecified atom stereocenters. The molecule has 4 aromatic rings. The number of hydrogen-bond acceptors (Lipinski definition) is 7. The molecule has 1 aliphatic carbocycles. The minimum absolute atomic E-state index is 0.0842. The first-order chi connectivity index (χ1) is 19.4. The van der Waals surface area contributed by atoms with E-state index in [1.54, 1.807) is 28.4 Å². The summed E-state index contributed by atoms with van der Waals surface area (Å²) in [5.74, 6) is 2.79. The molecule has 0 radical (unpaired) electrons. The fourth-order valence-electron chi connectivity index (χ4n) is 5.35. The van der Waals surface area contributed by atoms with Crippen LogP contribution in [-0.2, 0) is 0 Å². The van der Waals surface area contributed by atoms with Crippen LogP contribution in [0.2, 0.25) is 0 Å². The molecular formula is C32H35N3O5. The van der Waals surface area contributed by atoms with Crippen LogP contribution in [0.25, 0.3) is 33.5 Å². The number of nitrogens with zero attached hydrogens (tertiary/aromatic N) is 2. The van der Waals surface area contributed by atoms with Gasteiger partial charge in [-0.05, 0) is 73.4 Å². The van der Waals surface area contributed by atoms with Gasteiger partial charge in [0.2, 0.25) is 0 Å². The monoisotopic (exact) mass is 541 g/mol. The van der Waals surface area contributed by atoms with Gasteiger partial charge in [-0.1, -0.05) is 19.8 Å². The number of amides is 1. The lowest BCUT2D eigenvalue weighted by molar-refractivity contribution is 0.0910. The molecule has 1 fully saturated rings. The first-order valence-electron chi connectivity index (χ1n) is 13.5. The van der Waals surface area contributed by atoms with Crippen molar-refractivity contribution in [1.29, 1.82) is 0 Å².